The third-order valence-corrected chi connectivity index (χ3v) is 6.90. The molecule has 1 N–H and O–H groups in total. The Morgan fingerprint density at radius 3 is 2.44 bits per heavy atom. The average molecular weight is 521 g/mol. The van der Waals surface area contributed by atoms with Gasteiger partial charge in [0.1, 0.15) is 11.6 Å². The molecule has 0 radical (unpaired) electrons. The molecule has 1 unspecified atom stereocenters. The second-order valence-electron chi connectivity index (χ2n) is 10.1. The molecule has 0 bridgehead atoms. The maximum atomic E-state index is 13.8. The fraction of sp³-hybridized carbons (Fsp3) is 0.219. The fourth-order valence-electron chi connectivity index (χ4n) is 4.69. The van der Waals surface area contributed by atoms with Crippen LogP contribution in [0.4, 0.5) is 10.5 Å². The molecule has 0 aliphatic rings. The summed E-state index contributed by atoms with van der Waals surface area (Å²) in [7, 11) is 0. The normalized spacial score (nSPS) is 12.0. The van der Waals surface area contributed by atoms with Crippen molar-refractivity contribution in [2.45, 2.75) is 46.2 Å². The number of aryl methyl sites for hydroxylation is 1. The van der Waals surface area contributed by atoms with Crippen LogP contribution in [0.15, 0.2) is 100 Å². The Morgan fingerprint density at radius 1 is 0.974 bits per heavy atom. The lowest BCUT2D eigenvalue weighted by Gasteiger charge is -2.30. The lowest BCUT2D eigenvalue weighted by molar-refractivity contribution is 0.179. The molecule has 0 aliphatic heterocycles. The molecule has 0 saturated heterocycles. The Kier molecular flexibility index (Phi) is 7.32. The van der Waals surface area contributed by atoms with Gasteiger partial charge in [-0.15, -0.1) is 0 Å². The van der Waals surface area contributed by atoms with Gasteiger partial charge in [0.25, 0.3) is 5.56 Å². The lowest BCUT2D eigenvalue weighted by atomic mass is 10.0. The topological polar surface area (TPSA) is 80.4 Å². The molecule has 3 aromatic carbocycles. The lowest BCUT2D eigenvalue weighted by Crippen LogP contribution is -2.39. The number of amides is 2. The highest BCUT2D eigenvalue weighted by Gasteiger charge is 2.28. The molecule has 0 spiro atoms. The number of rotatable bonds is 7. The van der Waals surface area contributed by atoms with Gasteiger partial charge < -0.3 is 14.6 Å². The van der Waals surface area contributed by atoms with E-state index in [1.807, 2.05) is 86.6 Å². The van der Waals surface area contributed by atoms with Crippen molar-refractivity contribution < 1.29 is 9.21 Å². The average Bonchev–Trinajstić information content (AvgIpc) is 3.45. The van der Waals surface area contributed by atoms with Gasteiger partial charge in [0.15, 0.2) is 0 Å². The van der Waals surface area contributed by atoms with E-state index in [9.17, 15) is 9.59 Å². The van der Waals surface area contributed by atoms with Gasteiger partial charge >= 0.3 is 6.03 Å². The number of aromatic nitrogens is 2. The molecule has 7 heteroatoms. The number of nitrogens with one attached hydrogen (secondary N) is 1. The quantitative estimate of drug-likeness (QED) is 0.246. The van der Waals surface area contributed by atoms with Crippen molar-refractivity contribution in [3.63, 3.8) is 0 Å². The van der Waals surface area contributed by atoms with Gasteiger partial charge in [-0.2, -0.15) is 0 Å². The number of carbonyl (C=O) groups is 1. The Bertz CT molecular complexity index is 1650. The summed E-state index contributed by atoms with van der Waals surface area (Å²) in [5, 5.41) is 3.54. The minimum absolute atomic E-state index is 0.185. The Balaban J connectivity index is 1.60. The van der Waals surface area contributed by atoms with Crippen LogP contribution in [0.1, 0.15) is 55.4 Å². The van der Waals surface area contributed by atoms with Gasteiger partial charge in [0, 0.05) is 5.69 Å². The highest BCUT2D eigenvalue weighted by atomic mass is 16.3. The summed E-state index contributed by atoms with van der Waals surface area (Å²) in [4.78, 5) is 34.2. The van der Waals surface area contributed by atoms with E-state index in [0.717, 1.165) is 5.56 Å². The number of urea groups is 1. The van der Waals surface area contributed by atoms with Crippen molar-refractivity contribution in [1.82, 2.24) is 14.5 Å². The number of hydrogen-bond acceptors (Lipinski definition) is 4. The van der Waals surface area contributed by atoms with Crippen molar-refractivity contribution in [2.24, 2.45) is 0 Å². The van der Waals surface area contributed by atoms with Crippen LogP contribution < -0.4 is 10.9 Å². The van der Waals surface area contributed by atoms with E-state index in [1.54, 1.807) is 27.9 Å². The molecule has 39 heavy (non-hydrogen) atoms. The molecule has 2 amide bonds. The zero-order chi connectivity index (χ0) is 27.5. The Labute approximate surface area is 227 Å². The van der Waals surface area contributed by atoms with E-state index in [-0.39, 0.29) is 18.1 Å². The monoisotopic (exact) mass is 520 g/mol. The third kappa shape index (κ3) is 5.48. The van der Waals surface area contributed by atoms with Crippen LogP contribution in [0.25, 0.3) is 16.6 Å². The molecule has 0 fully saturated rings. The molecular formula is C32H32N4O3. The number of anilines is 1. The smallest absolute Gasteiger partial charge is 0.322 e. The van der Waals surface area contributed by atoms with Crippen LogP contribution in [-0.2, 0) is 6.54 Å². The summed E-state index contributed by atoms with van der Waals surface area (Å²) in [5.41, 5.74) is 3.98. The van der Waals surface area contributed by atoms with Gasteiger partial charge in [-0.25, -0.2) is 9.78 Å². The molecule has 2 heterocycles. The molecular weight excluding hydrogens is 488 g/mol. The van der Waals surface area contributed by atoms with E-state index in [1.165, 1.54) is 5.56 Å². The zero-order valence-electron chi connectivity index (χ0n) is 22.6. The van der Waals surface area contributed by atoms with Crippen molar-refractivity contribution in [1.29, 1.82) is 0 Å². The first-order valence-electron chi connectivity index (χ1n) is 13.1. The highest BCUT2D eigenvalue weighted by Crippen LogP contribution is 2.26. The number of furan rings is 1. The van der Waals surface area contributed by atoms with E-state index < -0.39 is 6.04 Å². The van der Waals surface area contributed by atoms with Crippen LogP contribution in [0, 0.1) is 6.92 Å². The minimum atomic E-state index is -0.581. The molecule has 0 aliphatic carbocycles. The highest BCUT2D eigenvalue weighted by molar-refractivity contribution is 5.89. The first-order valence-corrected chi connectivity index (χ1v) is 13.1. The molecule has 0 saturated carbocycles. The van der Waals surface area contributed by atoms with Crippen LogP contribution in [0.3, 0.4) is 0 Å². The Morgan fingerprint density at radius 2 is 1.74 bits per heavy atom. The van der Waals surface area contributed by atoms with Gasteiger partial charge in [-0.05, 0) is 79.4 Å². The van der Waals surface area contributed by atoms with Gasteiger partial charge in [-0.3, -0.25) is 9.36 Å². The van der Waals surface area contributed by atoms with E-state index in [4.69, 9.17) is 9.40 Å². The summed E-state index contributed by atoms with van der Waals surface area (Å²) in [6.07, 6.45) is 1.58. The molecule has 198 valence electrons. The standard InChI is InChI=1S/C32H32N4O3/c1-21(2)24-14-16-25(17-15-24)33-32(38)35(20-27-11-8-18-39-27)23(4)30-34-29-13-6-5-12-28(29)31(37)36(30)26-10-7-9-22(3)19-26/h5-19,21,23H,20H2,1-4H3,(H,33,38). The molecule has 5 aromatic rings. The van der Waals surface area contributed by atoms with Crippen molar-refractivity contribution >= 4 is 22.6 Å². The predicted octanol–water partition coefficient (Wildman–Crippen LogP) is 7.21. The van der Waals surface area contributed by atoms with Crippen LogP contribution >= 0.6 is 0 Å². The second kappa shape index (κ2) is 11.0. The number of hydrogen-bond donors (Lipinski definition) is 1. The van der Waals surface area contributed by atoms with E-state index >= 15 is 0 Å². The third-order valence-electron chi connectivity index (χ3n) is 6.90. The number of para-hydroxylation sites is 1. The maximum absolute atomic E-state index is 13.8. The van der Waals surface area contributed by atoms with Crippen molar-refractivity contribution in [2.75, 3.05) is 5.32 Å². The summed E-state index contributed by atoms with van der Waals surface area (Å²) in [6.45, 7) is 8.32. The first kappa shape index (κ1) is 26.0. The van der Waals surface area contributed by atoms with Gasteiger partial charge in [0.2, 0.25) is 0 Å². The van der Waals surface area contributed by atoms with E-state index in [0.29, 0.717) is 39.8 Å². The number of carbonyl (C=O) groups excluding carboxylic acids is 1. The van der Waals surface area contributed by atoms with Crippen LogP contribution in [0.5, 0.6) is 0 Å². The summed E-state index contributed by atoms with van der Waals surface area (Å²) in [5.74, 6) is 1.47. The van der Waals surface area contributed by atoms with Crippen LogP contribution in [0.2, 0.25) is 0 Å². The van der Waals surface area contributed by atoms with Gasteiger partial charge in [-0.1, -0.05) is 50.2 Å². The summed E-state index contributed by atoms with van der Waals surface area (Å²) < 4.78 is 7.22. The van der Waals surface area contributed by atoms with Crippen LogP contribution in [-0.4, -0.2) is 20.5 Å². The summed E-state index contributed by atoms with van der Waals surface area (Å²) >= 11 is 0. The van der Waals surface area contributed by atoms with E-state index in [2.05, 4.69) is 19.2 Å². The Hall–Kier alpha value is -4.65. The SMILES string of the molecule is Cc1cccc(-n2c(C(C)N(Cc3ccco3)C(=O)Nc3ccc(C(C)C)cc3)nc3ccccc3c2=O)c1. The number of benzene rings is 3. The minimum Gasteiger partial charge on any atom is -0.467 e. The maximum Gasteiger partial charge on any atom is 0.322 e. The van der Waals surface area contributed by atoms with Gasteiger partial charge in [0.05, 0.1) is 35.4 Å². The number of nitrogens with zero attached hydrogens (tertiary/aromatic N) is 3. The second-order valence-corrected chi connectivity index (χ2v) is 10.1. The largest absolute Gasteiger partial charge is 0.467 e. The number of fused-ring (bicyclic) bond motifs is 1. The fourth-order valence-corrected chi connectivity index (χ4v) is 4.69. The van der Waals surface area contributed by atoms with Crippen molar-refractivity contribution in [3.05, 3.63) is 124 Å². The predicted molar refractivity (Wildman–Crippen MR) is 154 cm³/mol. The molecule has 5 rings (SSSR count). The van der Waals surface area contributed by atoms with Crippen molar-refractivity contribution in [3.8, 4) is 5.69 Å². The summed E-state index contributed by atoms with van der Waals surface area (Å²) in [6, 6.07) is 25.5. The molecule has 7 nitrogen and oxygen atoms in total. The molecule has 2 aromatic heterocycles. The zero-order valence-corrected chi connectivity index (χ0v) is 22.6. The molecule has 1 atom stereocenters. The first-order chi connectivity index (χ1) is 18.8.